The third-order valence-electron chi connectivity index (χ3n) is 5.48. The van der Waals surface area contributed by atoms with Crippen molar-refractivity contribution in [2.24, 2.45) is 0 Å². The first-order chi connectivity index (χ1) is 14.2. The molecule has 0 saturated carbocycles. The van der Waals surface area contributed by atoms with Crippen LogP contribution in [0.1, 0.15) is 28.6 Å². The summed E-state index contributed by atoms with van der Waals surface area (Å²) in [5.41, 5.74) is 5.62. The Morgan fingerprint density at radius 2 is 1.97 bits per heavy atom. The van der Waals surface area contributed by atoms with E-state index < -0.39 is 0 Å². The Morgan fingerprint density at radius 3 is 2.79 bits per heavy atom. The molecule has 0 aliphatic carbocycles. The van der Waals surface area contributed by atoms with Crippen molar-refractivity contribution in [3.8, 4) is 17.0 Å². The van der Waals surface area contributed by atoms with Gasteiger partial charge in [-0.2, -0.15) is 5.10 Å². The fraction of sp³-hybridized carbons (Fsp3) is 0.182. The summed E-state index contributed by atoms with van der Waals surface area (Å²) in [6.07, 6.45) is 4.37. The second-order valence-electron chi connectivity index (χ2n) is 7.23. The Hall–Kier alpha value is -3.45. The molecule has 0 radical (unpaired) electrons. The Morgan fingerprint density at radius 1 is 1.14 bits per heavy atom. The largest absolute Gasteiger partial charge is 0.508 e. The molecule has 3 heterocycles. The monoisotopic (exact) mass is 389 g/mol. The van der Waals surface area contributed by atoms with Gasteiger partial charge in [0.1, 0.15) is 11.6 Å². The summed E-state index contributed by atoms with van der Waals surface area (Å²) in [7, 11) is 0. The number of para-hydroxylation sites is 1. The lowest BCUT2D eigenvalue weighted by Gasteiger charge is -2.35. The van der Waals surface area contributed by atoms with E-state index in [1.165, 1.54) is 12.1 Å². The van der Waals surface area contributed by atoms with Gasteiger partial charge in [0, 0.05) is 41.9 Å². The number of aromatic amines is 2. The normalized spacial score (nSPS) is 16.7. The van der Waals surface area contributed by atoms with Crippen molar-refractivity contribution in [2.75, 3.05) is 6.54 Å². The number of imidazole rings is 1. The lowest BCUT2D eigenvalue weighted by atomic mass is 9.94. The minimum atomic E-state index is -0.267. The van der Waals surface area contributed by atoms with Gasteiger partial charge in [0.2, 0.25) is 0 Å². The molecule has 0 fully saturated rings. The van der Waals surface area contributed by atoms with Gasteiger partial charge in [0.05, 0.1) is 30.0 Å². The molecule has 2 aromatic carbocycles. The molecule has 146 valence electrons. The number of hydrogen-bond donors (Lipinski definition) is 3. The molecule has 3 N–H and O–H groups in total. The third-order valence-corrected chi connectivity index (χ3v) is 5.48. The van der Waals surface area contributed by atoms with Gasteiger partial charge >= 0.3 is 0 Å². The molecule has 4 aromatic rings. The maximum atomic E-state index is 13.3. The summed E-state index contributed by atoms with van der Waals surface area (Å²) in [6, 6.07) is 13.6. The molecule has 6 nitrogen and oxygen atoms in total. The Labute approximate surface area is 167 Å². The average Bonchev–Trinajstić information content (AvgIpc) is 3.39. The van der Waals surface area contributed by atoms with E-state index in [1.807, 2.05) is 18.2 Å². The van der Waals surface area contributed by atoms with E-state index in [1.54, 1.807) is 30.7 Å². The highest BCUT2D eigenvalue weighted by Crippen LogP contribution is 2.38. The topological polar surface area (TPSA) is 80.8 Å². The second kappa shape index (κ2) is 7.18. The summed E-state index contributed by atoms with van der Waals surface area (Å²) < 4.78 is 13.3. The molecule has 0 spiro atoms. The van der Waals surface area contributed by atoms with Crippen LogP contribution in [0.5, 0.6) is 5.75 Å². The summed E-state index contributed by atoms with van der Waals surface area (Å²) >= 11 is 0. The van der Waals surface area contributed by atoms with E-state index >= 15 is 0 Å². The number of rotatable bonds is 4. The number of benzene rings is 2. The zero-order valence-corrected chi connectivity index (χ0v) is 15.6. The van der Waals surface area contributed by atoms with Gasteiger partial charge in [0.25, 0.3) is 0 Å². The van der Waals surface area contributed by atoms with Gasteiger partial charge in [-0.25, -0.2) is 9.37 Å². The summed E-state index contributed by atoms with van der Waals surface area (Å²) in [5.74, 6) is -0.0131. The number of phenols is 1. The molecule has 2 aromatic heterocycles. The summed E-state index contributed by atoms with van der Waals surface area (Å²) in [6.45, 7) is 1.43. The van der Waals surface area contributed by atoms with Gasteiger partial charge in [-0.1, -0.05) is 18.2 Å². The third kappa shape index (κ3) is 3.19. The molecule has 7 heteroatoms. The first-order valence-corrected chi connectivity index (χ1v) is 9.53. The Kier molecular flexibility index (Phi) is 4.37. The van der Waals surface area contributed by atoms with E-state index in [0.29, 0.717) is 6.54 Å². The van der Waals surface area contributed by atoms with Crippen LogP contribution in [0.25, 0.3) is 11.3 Å². The van der Waals surface area contributed by atoms with E-state index in [2.05, 4.69) is 25.1 Å². The predicted octanol–water partition coefficient (Wildman–Crippen LogP) is 3.79. The molecule has 0 amide bonds. The van der Waals surface area contributed by atoms with Crippen molar-refractivity contribution in [3.63, 3.8) is 0 Å². The van der Waals surface area contributed by atoms with Gasteiger partial charge in [-0.3, -0.25) is 10.00 Å². The number of aromatic hydroxyl groups is 1. The molecule has 1 aliphatic heterocycles. The minimum absolute atomic E-state index is 0.165. The van der Waals surface area contributed by atoms with Gasteiger partial charge in [0.15, 0.2) is 0 Å². The average molecular weight is 389 g/mol. The molecule has 1 atom stereocenters. The van der Waals surface area contributed by atoms with Crippen LogP contribution in [0.4, 0.5) is 4.39 Å². The lowest BCUT2D eigenvalue weighted by Crippen LogP contribution is -2.36. The van der Waals surface area contributed by atoms with Crippen molar-refractivity contribution in [3.05, 3.63) is 89.4 Å². The van der Waals surface area contributed by atoms with Crippen molar-refractivity contribution < 1.29 is 9.50 Å². The number of hydrogen-bond acceptors (Lipinski definition) is 4. The van der Waals surface area contributed by atoms with Crippen LogP contribution in [0.15, 0.2) is 61.1 Å². The second-order valence-corrected chi connectivity index (χ2v) is 7.23. The zero-order valence-electron chi connectivity index (χ0n) is 15.6. The zero-order chi connectivity index (χ0) is 19.8. The van der Waals surface area contributed by atoms with Crippen molar-refractivity contribution in [2.45, 2.75) is 19.0 Å². The number of nitrogens with one attached hydrogen (secondary N) is 2. The fourth-order valence-electron chi connectivity index (χ4n) is 4.07. The first kappa shape index (κ1) is 17.6. The summed E-state index contributed by atoms with van der Waals surface area (Å²) in [4.78, 5) is 10.1. The quantitative estimate of drug-likeness (QED) is 0.496. The van der Waals surface area contributed by atoms with Crippen LogP contribution in [0.2, 0.25) is 0 Å². The number of phenolic OH excluding ortho intramolecular Hbond substituents is 1. The lowest BCUT2D eigenvalue weighted by molar-refractivity contribution is 0.197. The number of aromatic nitrogens is 4. The molecule has 1 aliphatic rings. The van der Waals surface area contributed by atoms with Crippen molar-refractivity contribution >= 4 is 0 Å². The smallest absolute Gasteiger partial charge is 0.123 e. The highest BCUT2D eigenvalue weighted by molar-refractivity contribution is 5.62. The molecule has 5 rings (SSSR count). The van der Waals surface area contributed by atoms with Crippen LogP contribution in [-0.2, 0) is 13.0 Å². The van der Waals surface area contributed by atoms with Crippen LogP contribution in [-0.4, -0.2) is 36.7 Å². The maximum absolute atomic E-state index is 13.3. The number of nitrogens with zero attached hydrogens (tertiary/aromatic N) is 3. The number of H-pyrrole nitrogens is 2. The Balaban J connectivity index is 1.52. The van der Waals surface area contributed by atoms with E-state index in [4.69, 9.17) is 0 Å². The Bertz CT molecular complexity index is 1130. The van der Waals surface area contributed by atoms with Crippen LogP contribution in [0.3, 0.4) is 0 Å². The van der Waals surface area contributed by atoms with Crippen LogP contribution >= 0.6 is 0 Å². The SMILES string of the molecule is Oc1ccccc1[C@H]1c2nc[nH]c2CCN1Cc1cn[nH]c1-c1ccc(F)cc1. The number of fused-ring (bicyclic) bond motifs is 1. The van der Waals surface area contributed by atoms with Crippen molar-refractivity contribution in [1.82, 2.24) is 25.1 Å². The van der Waals surface area contributed by atoms with E-state index in [9.17, 15) is 9.50 Å². The summed E-state index contributed by atoms with van der Waals surface area (Å²) in [5, 5.41) is 17.8. The number of halogens is 1. The maximum Gasteiger partial charge on any atom is 0.123 e. The molecule has 0 bridgehead atoms. The predicted molar refractivity (Wildman–Crippen MR) is 107 cm³/mol. The van der Waals surface area contributed by atoms with Crippen LogP contribution in [0, 0.1) is 5.82 Å². The molecular weight excluding hydrogens is 369 g/mol. The van der Waals surface area contributed by atoms with Gasteiger partial charge in [-0.05, 0) is 30.3 Å². The van der Waals surface area contributed by atoms with Crippen LogP contribution < -0.4 is 0 Å². The van der Waals surface area contributed by atoms with Crippen molar-refractivity contribution in [1.29, 1.82) is 0 Å². The highest BCUT2D eigenvalue weighted by Gasteiger charge is 2.33. The van der Waals surface area contributed by atoms with E-state index in [0.717, 1.165) is 46.7 Å². The van der Waals surface area contributed by atoms with Gasteiger partial charge in [-0.15, -0.1) is 0 Å². The highest BCUT2D eigenvalue weighted by atomic mass is 19.1. The van der Waals surface area contributed by atoms with Gasteiger partial charge < -0.3 is 10.1 Å². The van der Waals surface area contributed by atoms with E-state index in [-0.39, 0.29) is 17.6 Å². The first-order valence-electron chi connectivity index (χ1n) is 9.53. The molecular formula is C22H20FN5O. The fourth-order valence-corrected chi connectivity index (χ4v) is 4.07. The molecule has 29 heavy (non-hydrogen) atoms. The minimum Gasteiger partial charge on any atom is -0.508 e. The molecule has 0 saturated heterocycles. The standard InChI is InChI=1S/C22H20FN5O/c23-16-7-5-14(6-8-16)20-15(11-26-27-20)12-28-10-9-18-21(25-13-24-18)22(28)17-3-1-2-4-19(17)29/h1-8,11,13,22,29H,9-10,12H2,(H,24,25)(H,26,27)/t22-/m0/s1. The molecule has 0 unspecified atom stereocenters.